The lowest BCUT2D eigenvalue weighted by Crippen LogP contribution is -2.29. The Kier molecular flexibility index (Phi) is 6.87. The number of halogens is 1. The smallest absolute Gasteiger partial charge is 0.273 e. The third kappa shape index (κ3) is 4.76. The number of nitrogens with one attached hydrogen (secondary N) is 2. The average Bonchev–Trinajstić information content (AvgIpc) is 3.38. The van der Waals surface area contributed by atoms with E-state index in [4.69, 9.17) is 0 Å². The van der Waals surface area contributed by atoms with Gasteiger partial charge in [-0.3, -0.25) is 9.59 Å². The fraction of sp³-hybridized carbons (Fsp3) is 0.500. The summed E-state index contributed by atoms with van der Waals surface area (Å²) in [7, 11) is 0. The number of hydrogen-bond donors (Lipinski definition) is 2. The normalized spacial score (nSPS) is 18.4. The van der Waals surface area contributed by atoms with Crippen molar-refractivity contribution in [1.29, 1.82) is 0 Å². The lowest BCUT2D eigenvalue weighted by atomic mass is 10.1. The molecule has 0 aliphatic carbocycles. The second-order valence-electron chi connectivity index (χ2n) is 7.50. The summed E-state index contributed by atoms with van der Waals surface area (Å²) in [5.41, 5.74) is 2.17. The van der Waals surface area contributed by atoms with Crippen LogP contribution >= 0.6 is 12.4 Å². The van der Waals surface area contributed by atoms with Crippen LogP contribution in [0.15, 0.2) is 30.5 Å². The first-order valence-electron chi connectivity index (χ1n) is 9.95. The summed E-state index contributed by atoms with van der Waals surface area (Å²) in [6, 6.07) is 7.88. The molecule has 8 nitrogen and oxygen atoms in total. The Morgan fingerprint density at radius 1 is 1.31 bits per heavy atom. The van der Waals surface area contributed by atoms with Crippen LogP contribution in [0, 0.1) is 0 Å². The van der Waals surface area contributed by atoms with Gasteiger partial charge >= 0.3 is 0 Å². The summed E-state index contributed by atoms with van der Waals surface area (Å²) in [6.45, 7) is 4.60. The van der Waals surface area contributed by atoms with Gasteiger partial charge in [0.1, 0.15) is 0 Å². The van der Waals surface area contributed by atoms with Gasteiger partial charge in [-0.05, 0) is 57.0 Å². The van der Waals surface area contributed by atoms with E-state index in [0.717, 1.165) is 50.1 Å². The minimum absolute atomic E-state index is 0. The topological polar surface area (TPSA) is 92.2 Å². The van der Waals surface area contributed by atoms with E-state index in [0.29, 0.717) is 18.2 Å². The molecule has 2 N–H and O–H groups in total. The molecule has 2 saturated heterocycles. The zero-order valence-electron chi connectivity index (χ0n) is 16.5. The Hall–Kier alpha value is -2.45. The molecule has 0 bridgehead atoms. The first-order chi connectivity index (χ1) is 13.6. The molecular weight excluding hydrogens is 392 g/mol. The maximum atomic E-state index is 12.6. The molecule has 4 rings (SSSR count). The van der Waals surface area contributed by atoms with Crippen LogP contribution in [0.25, 0.3) is 0 Å². The van der Waals surface area contributed by atoms with E-state index < -0.39 is 0 Å². The van der Waals surface area contributed by atoms with Gasteiger partial charge in [-0.1, -0.05) is 17.3 Å². The van der Waals surface area contributed by atoms with Crippen LogP contribution in [0.5, 0.6) is 0 Å². The zero-order valence-corrected chi connectivity index (χ0v) is 17.3. The molecule has 1 unspecified atom stereocenters. The molecule has 0 saturated carbocycles. The molecular formula is C20H27ClN6O2. The van der Waals surface area contributed by atoms with E-state index in [2.05, 4.69) is 20.9 Å². The average molecular weight is 419 g/mol. The lowest BCUT2D eigenvalue weighted by molar-refractivity contribution is -0.117. The third-order valence-electron chi connectivity index (χ3n) is 5.53. The van der Waals surface area contributed by atoms with Crippen LogP contribution in [0.3, 0.4) is 0 Å². The monoisotopic (exact) mass is 418 g/mol. The highest BCUT2D eigenvalue weighted by Crippen LogP contribution is 2.25. The molecule has 156 valence electrons. The Bertz CT molecular complexity index is 864. The molecule has 2 amide bonds. The number of amides is 2. The van der Waals surface area contributed by atoms with Crippen molar-refractivity contribution in [2.24, 2.45) is 0 Å². The summed E-state index contributed by atoms with van der Waals surface area (Å²) in [4.78, 5) is 26.4. The highest BCUT2D eigenvalue weighted by molar-refractivity contribution is 5.95. The van der Waals surface area contributed by atoms with Crippen LogP contribution in [-0.4, -0.2) is 46.4 Å². The highest BCUT2D eigenvalue weighted by atomic mass is 35.5. The second-order valence-corrected chi connectivity index (χ2v) is 7.50. The van der Waals surface area contributed by atoms with E-state index in [-0.39, 0.29) is 30.3 Å². The van der Waals surface area contributed by atoms with E-state index in [1.807, 2.05) is 36.1 Å². The predicted molar refractivity (Wildman–Crippen MR) is 112 cm³/mol. The minimum atomic E-state index is -0.240. The largest absolute Gasteiger partial charge is 0.344 e. The molecule has 2 aliphatic heterocycles. The number of carbonyl (C=O) groups excluding carboxylic acids is 2. The SMILES string of the molecule is CC(NC(=O)c1cn(C2CCNCC2)nn1)c1cccc(N2CCCC2=O)c1.Cl. The van der Waals surface area contributed by atoms with Crippen molar-refractivity contribution < 1.29 is 9.59 Å². The van der Waals surface area contributed by atoms with Crippen molar-refractivity contribution >= 4 is 29.9 Å². The van der Waals surface area contributed by atoms with Gasteiger partial charge in [0.05, 0.1) is 18.3 Å². The molecule has 1 aromatic carbocycles. The number of piperidine rings is 1. The van der Waals surface area contributed by atoms with Crippen molar-refractivity contribution in [3.63, 3.8) is 0 Å². The van der Waals surface area contributed by atoms with Crippen LogP contribution < -0.4 is 15.5 Å². The van der Waals surface area contributed by atoms with E-state index in [1.54, 1.807) is 10.9 Å². The van der Waals surface area contributed by atoms with Crippen molar-refractivity contribution in [3.05, 3.63) is 41.7 Å². The van der Waals surface area contributed by atoms with Gasteiger partial charge in [-0.15, -0.1) is 17.5 Å². The number of aromatic nitrogens is 3. The van der Waals surface area contributed by atoms with Crippen LogP contribution in [0.4, 0.5) is 5.69 Å². The number of nitrogens with zero attached hydrogens (tertiary/aromatic N) is 4. The molecule has 0 spiro atoms. The predicted octanol–water partition coefficient (Wildman–Crippen LogP) is 2.24. The Labute approximate surface area is 176 Å². The van der Waals surface area contributed by atoms with Gasteiger partial charge in [-0.25, -0.2) is 4.68 Å². The zero-order chi connectivity index (χ0) is 19.5. The van der Waals surface area contributed by atoms with Crippen molar-refractivity contribution in [2.45, 2.75) is 44.7 Å². The number of benzene rings is 1. The summed E-state index contributed by atoms with van der Waals surface area (Å²) >= 11 is 0. The number of hydrogen-bond acceptors (Lipinski definition) is 5. The summed E-state index contributed by atoms with van der Waals surface area (Å²) in [5, 5.41) is 14.5. The fourth-order valence-corrected chi connectivity index (χ4v) is 3.87. The molecule has 9 heteroatoms. The summed E-state index contributed by atoms with van der Waals surface area (Å²) in [6.07, 6.45) is 5.20. The van der Waals surface area contributed by atoms with Gasteiger partial charge in [-0.2, -0.15) is 0 Å². The van der Waals surface area contributed by atoms with E-state index in [9.17, 15) is 9.59 Å². The summed E-state index contributed by atoms with van der Waals surface area (Å²) < 4.78 is 1.81. The molecule has 2 fully saturated rings. The molecule has 1 aromatic heterocycles. The van der Waals surface area contributed by atoms with Gasteiger partial charge in [0.15, 0.2) is 5.69 Å². The van der Waals surface area contributed by atoms with Gasteiger partial charge in [0.25, 0.3) is 5.91 Å². The molecule has 3 heterocycles. The highest BCUT2D eigenvalue weighted by Gasteiger charge is 2.23. The van der Waals surface area contributed by atoms with Gasteiger partial charge < -0.3 is 15.5 Å². The first kappa shape index (κ1) is 21.3. The van der Waals surface area contributed by atoms with Crippen LogP contribution in [-0.2, 0) is 4.79 Å². The standard InChI is InChI=1S/C20H26N6O2.ClH/c1-14(15-4-2-5-17(12-15)25-11-3-6-19(25)27)22-20(28)18-13-26(24-23-18)16-7-9-21-10-8-16;/h2,4-5,12-14,16,21H,3,6-11H2,1H3,(H,22,28);1H. The van der Waals surface area contributed by atoms with Crippen molar-refractivity contribution in [2.75, 3.05) is 24.5 Å². The van der Waals surface area contributed by atoms with Gasteiger partial charge in [0, 0.05) is 18.7 Å². The fourth-order valence-electron chi connectivity index (χ4n) is 3.87. The maximum absolute atomic E-state index is 12.6. The summed E-state index contributed by atoms with van der Waals surface area (Å²) in [5.74, 6) is -0.0845. The second kappa shape index (κ2) is 9.37. The van der Waals surface area contributed by atoms with Crippen molar-refractivity contribution in [3.8, 4) is 0 Å². The van der Waals surface area contributed by atoms with Crippen LogP contribution in [0.1, 0.15) is 60.7 Å². The Morgan fingerprint density at radius 2 is 2.10 bits per heavy atom. The quantitative estimate of drug-likeness (QED) is 0.776. The molecule has 2 aliphatic rings. The number of carbonyl (C=O) groups is 2. The van der Waals surface area contributed by atoms with Gasteiger partial charge in [0.2, 0.25) is 5.91 Å². The third-order valence-corrected chi connectivity index (χ3v) is 5.53. The molecule has 29 heavy (non-hydrogen) atoms. The first-order valence-corrected chi connectivity index (χ1v) is 9.95. The van der Waals surface area contributed by atoms with E-state index in [1.165, 1.54) is 0 Å². The molecule has 2 aromatic rings. The van der Waals surface area contributed by atoms with E-state index >= 15 is 0 Å². The van der Waals surface area contributed by atoms with Crippen LogP contribution in [0.2, 0.25) is 0 Å². The molecule has 1 atom stereocenters. The number of anilines is 1. The maximum Gasteiger partial charge on any atom is 0.273 e. The Balaban J connectivity index is 0.00000240. The minimum Gasteiger partial charge on any atom is -0.344 e. The molecule has 0 radical (unpaired) electrons. The lowest BCUT2D eigenvalue weighted by Gasteiger charge is -2.22. The van der Waals surface area contributed by atoms with Crippen molar-refractivity contribution in [1.82, 2.24) is 25.6 Å². The number of rotatable bonds is 5. The Morgan fingerprint density at radius 3 is 2.83 bits per heavy atom.